The first kappa shape index (κ1) is 22.8. The molecule has 1 aliphatic carbocycles. The van der Waals surface area contributed by atoms with Gasteiger partial charge in [-0.2, -0.15) is 17.5 Å². The van der Waals surface area contributed by atoms with E-state index in [4.69, 9.17) is 4.74 Å². The maximum atomic E-state index is 12.7. The number of carbonyl (C=O) groups excluding carboxylic acids is 1. The highest BCUT2D eigenvalue weighted by molar-refractivity contribution is 7.89. The van der Waals surface area contributed by atoms with E-state index in [-0.39, 0.29) is 22.8 Å². The zero-order chi connectivity index (χ0) is 20.9. The summed E-state index contributed by atoms with van der Waals surface area (Å²) in [6, 6.07) is 3.35. The van der Waals surface area contributed by atoms with Crippen LogP contribution in [-0.2, 0) is 25.7 Å². The second kappa shape index (κ2) is 9.37. The SMILES string of the molecule is CC(=O)CCCOC1CCC(N(C)S(=O)(=O)c2ccc(C(F)(F)F)cc2)CC1. The molecule has 0 heterocycles. The summed E-state index contributed by atoms with van der Waals surface area (Å²) in [6.45, 7) is 2.05. The first-order valence-corrected chi connectivity index (χ1v) is 10.7. The fraction of sp³-hybridized carbons (Fsp3) is 0.632. The summed E-state index contributed by atoms with van der Waals surface area (Å²) in [4.78, 5) is 10.8. The number of sulfonamides is 1. The van der Waals surface area contributed by atoms with Crippen molar-refractivity contribution in [2.45, 2.75) is 68.7 Å². The number of hydrogen-bond donors (Lipinski definition) is 0. The molecule has 2 rings (SSSR count). The minimum absolute atomic E-state index is 0.0466. The molecular formula is C19H26F3NO4S. The quantitative estimate of drug-likeness (QED) is 0.595. The summed E-state index contributed by atoms with van der Waals surface area (Å²) in [5.74, 6) is 0.127. The Kier molecular flexibility index (Phi) is 7.64. The molecule has 158 valence electrons. The van der Waals surface area contributed by atoms with Crippen molar-refractivity contribution < 1.29 is 31.1 Å². The van der Waals surface area contributed by atoms with Crippen molar-refractivity contribution in [2.75, 3.05) is 13.7 Å². The van der Waals surface area contributed by atoms with Crippen molar-refractivity contribution in [1.29, 1.82) is 0 Å². The average Bonchev–Trinajstić information content (AvgIpc) is 2.64. The normalized spacial score (nSPS) is 21.1. The molecule has 28 heavy (non-hydrogen) atoms. The van der Waals surface area contributed by atoms with Crippen LogP contribution in [-0.4, -0.2) is 44.3 Å². The standard InChI is InChI=1S/C19H26F3NO4S/c1-14(24)4-3-13-27-17-9-7-16(8-10-17)23(2)28(25,26)18-11-5-15(6-12-18)19(20,21)22/h5-6,11-12,16-17H,3-4,7-10,13H2,1-2H3. The van der Waals surface area contributed by atoms with Gasteiger partial charge in [0.2, 0.25) is 10.0 Å². The molecule has 9 heteroatoms. The lowest BCUT2D eigenvalue weighted by Crippen LogP contribution is -2.40. The molecule has 0 radical (unpaired) electrons. The number of Topliss-reactive ketones (excluding diaryl/α,β-unsaturated/α-hetero) is 1. The van der Waals surface area contributed by atoms with Gasteiger partial charge in [-0.25, -0.2) is 8.42 Å². The molecule has 0 N–H and O–H groups in total. The first-order valence-electron chi connectivity index (χ1n) is 9.28. The molecule has 0 saturated heterocycles. The molecule has 0 atom stereocenters. The molecule has 0 aliphatic heterocycles. The second-order valence-electron chi connectivity index (χ2n) is 7.15. The predicted molar refractivity (Wildman–Crippen MR) is 98.3 cm³/mol. The molecule has 0 amide bonds. The van der Waals surface area contributed by atoms with E-state index >= 15 is 0 Å². The number of benzene rings is 1. The third kappa shape index (κ3) is 6.02. The molecule has 0 spiro atoms. The van der Waals surface area contributed by atoms with Gasteiger partial charge in [0.05, 0.1) is 16.6 Å². The minimum atomic E-state index is -4.50. The largest absolute Gasteiger partial charge is 0.416 e. The maximum absolute atomic E-state index is 12.7. The summed E-state index contributed by atoms with van der Waals surface area (Å²) < 4.78 is 70.5. The van der Waals surface area contributed by atoms with Crippen molar-refractivity contribution in [3.63, 3.8) is 0 Å². The van der Waals surface area contributed by atoms with E-state index < -0.39 is 21.8 Å². The summed E-state index contributed by atoms with van der Waals surface area (Å²) in [7, 11) is -2.40. The number of hydrogen-bond acceptors (Lipinski definition) is 4. The van der Waals surface area contributed by atoms with Crippen molar-refractivity contribution in [2.24, 2.45) is 0 Å². The summed E-state index contributed by atoms with van der Waals surface area (Å²) >= 11 is 0. The van der Waals surface area contributed by atoms with Gasteiger partial charge < -0.3 is 9.53 Å². The molecule has 0 aromatic heterocycles. The monoisotopic (exact) mass is 421 g/mol. The van der Waals surface area contributed by atoms with Crippen LogP contribution in [0.3, 0.4) is 0 Å². The van der Waals surface area contributed by atoms with Gasteiger partial charge in [0.1, 0.15) is 5.78 Å². The summed E-state index contributed by atoms with van der Waals surface area (Å²) in [6.07, 6.45) is -0.639. The van der Waals surface area contributed by atoms with Crippen LogP contribution in [0.5, 0.6) is 0 Å². The average molecular weight is 421 g/mol. The summed E-state index contributed by atoms with van der Waals surface area (Å²) in [5, 5.41) is 0. The number of alkyl halides is 3. The Hall–Kier alpha value is -1.45. The van der Waals surface area contributed by atoms with E-state index in [2.05, 4.69) is 0 Å². The highest BCUT2D eigenvalue weighted by Crippen LogP contribution is 2.32. The molecule has 1 aliphatic rings. The second-order valence-corrected chi connectivity index (χ2v) is 9.15. The molecule has 1 fully saturated rings. The molecule has 1 saturated carbocycles. The van der Waals surface area contributed by atoms with Gasteiger partial charge in [0.15, 0.2) is 0 Å². The van der Waals surface area contributed by atoms with Crippen LogP contribution in [0.25, 0.3) is 0 Å². The van der Waals surface area contributed by atoms with Crippen LogP contribution >= 0.6 is 0 Å². The van der Waals surface area contributed by atoms with Gasteiger partial charge >= 0.3 is 6.18 Å². The molecule has 1 aromatic carbocycles. The fourth-order valence-corrected chi connectivity index (χ4v) is 4.74. The van der Waals surface area contributed by atoms with Crippen LogP contribution < -0.4 is 0 Å². The Labute approximate surface area is 163 Å². The Bertz CT molecular complexity index is 754. The lowest BCUT2D eigenvalue weighted by atomic mass is 9.93. The van der Waals surface area contributed by atoms with Crippen LogP contribution in [0.2, 0.25) is 0 Å². The van der Waals surface area contributed by atoms with E-state index in [0.29, 0.717) is 45.1 Å². The molecular weight excluding hydrogens is 395 g/mol. The van der Waals surface area contributed by atoms with Crippen LogP contribution in [0.1, 0.15) is 51.0 Å². The van der Waals surface area contributed by atoms with E-state index in [0.717, 1.165) is 24.3 Å². The Morgan fingerprint density at radius 3 is 2.21 bits per heavy atom. The minimum Gasteiger partial charge on any atom is -0.378 e. The van der Waals surface area contributed by atoms with Crippen molar-refractivity contribution in [3.05, 3.63) is 29.8 Å². The van der Waals surface area contributed by atoms with E-state index in [1.165, 1.54) is 18.3 Å². The predicted octanol–water partition coefficient (Wildman–Crippen LogP) is 4.02. The highest BCUT2D eigenvalue weighted by Gasteiger charge is 2.34. The van der Waals surface area contributed by atoms with Gasteiger partial charge in [0, 0.05) is 26.1 Å². The summed E-state index contributed by atoms with van der Waals surface area (Å²) in [5.41, 5.74) is -0.878. The smallest absolute Gasteiger partial charge is 0.378 e. The number of nitrogens with zero attached hydrogens (tertiary/aromatic N) is 1. The van der Waals surface area contributed by atoms with E-state index in [9.17, 15) is 26.4 Å². The fourth-order valence-electron chi connectivity index (χ4n) is 3.33. The van der Waals surface area contributed by atoms with Crippen molar-refractivity contribution in [1.82, 2.24) is 4.31 Å². The Morgan fingerprint density at radius 2 is 1.71 bits per heavy atom. The van der Waals surface area contributed by atoms with Gasteiger partial charge in [-0.15, -0.1) is 0 Å². The van der Waals surface area contributed by atoms with Gasteiger partial charge in [-0.05, 0) is 63.3 Å². The van der Waals surface area contributed by atoms with E-state index in [1.54, 1.807) is 0 Å². The molecule has 0 bridgehead atoms. The lowest BCUT2D eigenvalue weighted by Gasteiger charge is -2.34. The van der Waals surface area contributed by atoms with Crippen LogP contribution in [0, 0.1) is 0 Å². The van der Waals surface area contributed by atoms with Gasteiger partial charge in [-0.1, -0.05) is 0 Å². The molecule has 5 nitrogen and oxygen atoms in total. The van der Waals surface area contributed by atoms with Crippen molar-refractivity contribution >= 4 is 15.8 Å². The Balaban J connectivity index is 1.91. The maximum Gasteiger partial charge on any atom is 0.416 e. The number of rotatable bonds is 8. The number of halogens is 3. The third-order valence-electron chi connectivity index (χ3n) is 5.04. The highest BCUT2D eigenvalue weighted by atomic mass is 32.2. The third-order valence-corrected chi connectivity index (χ3v) is 6.97. The zero-order valence-electron chi connectivity index (χ0n) is 16.0. The van der Waals surface area contributed by atoms with Gasteiger partial charge in [-0.3, -0.25) is 0 Å². The van der Waals surface area contributed by atoms with E-state index in [1.807, 2.05) is 0 Å². The Morgan fingerprint density at radius 1 is 1.14 bits per heavy atom. The first-order chi connectivity index (χ1) is 13.0. The topological polar surface area (TPSA) is 63.7 Å². The lowest BCUT2D eigenvalue weighted by molar-refractivity contribution is -0.137. The molecule has 0 unspecified atom stereocenters. The number of ketones is 1. The zero-order valence-corrected chi connectivity index (χ0v) is 16.9. The van der Waals surface area contributed by atoms with Crippen molar-refractivity contribution in [3.8, 4) is 0 Å². The molecule has 1 aromatic rings. The van der Waals surface area contributed by atoms with Gasteiger partial charge in [0.25, 0.3) is 0 Å². The number of carbonyl (C=O) groups is 1. The van der Waals surface area contributed by atoms with Crippen LogP contribution in [0.4, 0.5) is 13.2 Å². The van der Waals surface area contributed by atoms with Crippen LogP contribution in [0.15, 0.2) is 29.2 Å². The number of ether oxygens (including phenoxy) is 1.